The number of piperidine rings is 6. The molecular weight excluding hydrogens is 1870 g/mol. The lowest BCUT2D eigenvalue weighted by atomic mass is 9.84. The van der Waals surface area contributed by atoms with E-state index in [-0.39, 0.29) is 50.2 Å². The minimum absolute atomic E-state index is 0.00771. The SMILES string of the molecule is CC(=O)c1ccc(C(=O)N2CCOC23CCNCC3)cc1.CC(=O)c1ccc(S(=O)(=O)N2CCOC23CCNCC3)cc1.COc1ccc(S(=O)(=O)N2CCOC23CCN(C)CC3)cc1.COc1ccc(S(=O)(=O)N2CCOC23CCNCC3)cc1.Cc1ccc(S(=O)(=O)N2CCOC23CCN(CC2CCC2)CC3)cc1.O=C(c1ccc(S(=O)(=O)N2CCOC23CCNCC3)cc1)C(F)(F)F. The molecule has 34 nitrogen and oxygen atoms in total. The first-order valence-corrected chi connectivity index (χ1v) is 53.8. The number of Topliss-reactive ketones (excluding diaryl/α,β-unsaturated/α-hetero) is 3. The maximum Gasteiger partial charge on any atom is 0.454 e. The van der Waals surface area contributed by atoms with Crippen LogP contribution in [-0.2, 0) is 78.5 Å². The van der Waals surface area contributed by atoms with Gasteiger partial charge in [0.05, 0.1) is 78.3 Å². The number of amides is 1. The summed E-state index contributed by atoms with van der Waals surface area (Å²) in [4.78, 5) is 54.1. The van der Waals surface area contributed by atoms with Crippen molar-refractivity contribution < 1.29 is 112 Å². The third kappa shape index (κ3) is 22.9. The van der Waals surface area contributed by atoms with Crippen LogP contribution in [0, 0.1) is 12.8 Å². The van der Waals surface area contributed by atoms with Crippen molar-refractivity contribution in [2.45, 2.75) is 182 Å². The number of carbonyl (C=O) groups excluding carboxylic acids is 4. The zero-order chi connectivity index (χ0) is 97.2. The summed E-state index contributed by atoms with van der Waals surface area (Å²) in [6.45, 7) is 20.8. The molecule has 0 aromatic heterocycles. The standard InChI is InChI=1S/C19H28N2O3S.C16H20N2O3.C15H17F3N2O4S.C15H22N2O4S.C15H20N2O4S.C14H20N2O4S/c1-16-5-7-18(8-6-16)25(22,23)21-13-14-24-19(21)9-11-20(12-10-19)15-17-3-2-4-17;1-12(19)13-2-4-14(5-3-13)15(20)18-10-11-21-16(18)6-8-17-9-7-16;16-15(17,18)13(21)11-1-3-12(4-2-11)25(22,23)20-9-10-24-14(20)5-7-19-8-6-14;1-16-9-7-15(8-10-16)17(11-12-21-15)22(18,19)14-5-3-13(20-2)4-6-14;1-12(18)13-2-4-14(5-3-13)22(19,20)17-10-11-21-15(17)6-8-16-9-7-15;1-19-12-2-4-13(5-3-12)21(17,18)16-10-11-20-14(16)6-8-15-9-7-14/h5-8,17H,2-4,9-15H2,1H3;2-5,17H,6-11H2,1H3;1-4,19H,5-10H2;3-6H,7-12H2,1-2H3;2-5,16H,6-11H2,1H3;2-5,15H,6-11H2,1H3. The highest BCUT2D eigenvalue weighted by atomic mass is 32.2. The third-order valence-corrected chi connectivity index (χ3v) is 37.8. The molecule has 42 heteroatoms. The molecule has 12 saturated heterocycles. The fraction of sp³-hybridized carbons (Fsp3) is 0.574. The highest BCUT2D eigenvalue weighted by Crippen LogP contribution is 2.45. The van der Waals surface area contributed by atoms with E-state index in [1.54, 1.807) is 120 Å². The van der Waals surface area contributed by atoms with E-state index in [1.807, 2.05) is 31.0 Å². The molecule has 1 amide bonds. The topological polar surface area (TPSA) is 387 Å². The zero-order valence-corrected chi connectivity index (χ0v) is 82.0. The van der Waals surface area contributed by atoms with Gasteiger partial charge in [0.15, 0.2) is 11.6 Å². The molecule has 0 bridgehead atoms. The van der Waals surface area contributed by atoms with E-state index in [0.717, 1.165) is 127 Å². The van der Waals surface area contributed by atoms with Crippen LogP contribution in [0.3, 0.4) is 0 Å². The number of alkyl halides is 3. The average Bonchev–Trinajstić information content (AvgIpc) is 1.55. The van der Waals surface area contributed by atoms with E-state index >= 15 is 0 Å². The van der Waals surface area contributed by atoms with Gasteiger partial charge < -0.3 is 73.9 Å². The largest absolute Gasteiger partial charge is 0.497 e. The summed E-state index contributed by atoms with van der Waals surface area (Å²) < 4.78 is 220. The van der Waals surface area contributed by atoms with Crippen molar-refractivity contribution in [3.8, 4) is 11.5 Å². The van der Waals surface area contributed by atoms with E-state index < -0.39 is 102 Å². The molecule has 13 fully saturated rings. The summed E-state index contributed by atoms with van der Waals surface area (Å²) in [5.74, 6) is 0.0525. The molecule has 1 aliphatic carbocycles. The number of sulfonamides is 5. The summed E-state index contributed by atoms with van der Waals surface area (Å²) in [5, 5.41) is 12.9. The van der Waals surface area contributed by atoms with Gasteiger partial charge in [-0.3, -0.25) is 19.2 Å². The summed E-state index contributed by atoms with van der Waals surface area (Å²) in [5.41, 5.74) is -1.85. The highest BCUT2D eigenvalue weighted by Gasteiger charge is 2.56. The fourth-order valence-electron chi connectivity index (χ4n) is 20.0. The molecule has 136 heavy (non-hydrogen) atoms. The maximum absolute atomic E-state index is 13.2. The minimum atomic E-state index is -5.00. The van der Waals surface area contributed by atoms with Crippen LogP contribution in [0.5, 0.6) is 11.5 Å². The average molecular weight is 1990 g/mol. The molecular formula is C94H127F3N12O22S5. The van der Waals surface area contributed by atoms with E-state index in [4.69, 9.17) is 37.9 Å². The molecule has 13 aliphatic rings. The fourth-order valence-corrected chi connectivity index (χ4v) is 28.6. The Bertz CT molecular complexity index is 5700. The summed E-state index contributed by atoms with van der Waals surface area (Å²) in [6.07, 6.45) is 7.34. The van der Waals surface area contributed by atoms with Crippen LogP contribution in [0.15, 0.2) is 170 Å². The molecule has 746 valence electrons. The Morgan fingerprint density at radius 1 is 0.360 bits per heavy atom. The van der Waals surface area contributed by atoms with Crippen molar-refractivity contribution in [2.75, 3.05) is 185 Å². The molecule has 0 unspecified atom stereocenters. The first-order chi connectivity index (χ1) is 64.8. The molecule has 6 aromatic rings. The van der Waals surface area contributed by atoms with Crippen molar-refractivity contribution >= 4 is 73.4 Å². The Balaban J connectivity index is 0.000000131. The third-order valence-electron chi connectivity index (χ3n) is 28.0. The van der Waals surface area contributed by atoms with Crippen LogP contribution in [0.2, 0.25) is 0 Å². The second-order valence-electron chi connectivity index (χ2n) is 36.2. The second-order valence-corrected chi connectivity index (χ2v) is 45.6. The van der Waals surface area contributed by atoms with Crippen molar-refractivity contribution in [2.24, 2.45) is 5.92 Å². The number of aryl methyl sites for hydroxylation is 1. The van der Waals surface area contributed by atoms with Gasteiger partial charge in [0.25, 0.3) is 11.7 Å². The highest BCUT2D eigenvalue weighted by molar-refractivity contribution is 7.90. The number of rotatable bonds is 18. The van der Waals surface area contributed by atoms with Crippen molar-refractivity contribution in [1.82, 2.24) is 57.5 Å². The molecule has 6 spiro atoms. The van der Waals surface area contributed by atoms with Crippen LogP contribution in [0.4, 0.5) is 13.2 Å². The van der Waals surface area contributed by atoms with Crippen molar-refractivity contribution in [1.29, 1.82) is 0 Å². The van der Waals surface area contributed by atoms with E-state index in [1.165, 1.54) is 64.7 Å². The number of nitrogens with one attached hydrogen (secondary N) is 4. The van der Waals surface area contributed by atoms with Gasteiger partial charge >= 0.3 is 6.18 Å². The number of methoxy groups -OCH3 is 2. The van der Waals surface area contributed by atoms with Gasteiger partial charge in [-0.2, -0.15) is 34.7 Å². The lowest BCUT2D eigenvalue weighted by Crippen LogP contribution is -2.55. The number of ketones is 3. The molecule has 1 saturated carbocycles. The van der Waals surface area contributed by atoms with E-state index in [2.05, 4.69) is 31.1 Å². The summed E-state index contributed by atoms with van der Waals surface area (Å²) in [7, 11) is -13.0. The van der Waals surface area contributed by atoms with Gasteiger partial charge in [0.1, 0.15) is 45.8 Å². The molecule has 6 aromatic carbocycles. The predicted octanol–water partition coefficient (Wildman–Crippen LogP) is 8.51. The summed E-state index contributed by atoms with van der Waals surface area (Å²) >= 11 is 0. The van der Waals surface area contributed by atoms with E-state index in [9.17, 15) is 74.4 Å². The molecule has 0 radical (unpaired) electrons. The zero-order valence-electron chi connectivity index (χ0n) is 78.0. The minimum Gasteiger partial charge on any atom is -0.497 e. The number of nitrogens with zero attached hydrogens (tertiary/aromatic N) is 8. The second kappa shape index (κ2) is 43.8. The Labute approximate surface area is 796 Å². The number of halogens is 3. The molecule has 19 rings (SSSR count). The number of carbonyl (C=O) groups is 4. The Hall–Kier alpha value is -7.74. The van der Waals surface area contributed by atoms with Crippen LogP contribution < -0.4 is 30.7 Å². The number of hydrogen-bond acceptors (Lipinski definition) is 28. The normalized spacial score (nSPS) is 22.6. The molecule has 12 heterocycles. The van der Waals surface area contributed by atoms with Gasteiger partial charge in [-0.05, 0) is 208 Å². The number of ether oxygens (including phenoxy) is 8. The van der Waals surface area contributed by atoms with Gasteiger partial charge in [-0.25, -0.2) is 42.1 Å². The first kappa shape index (κ1) is 104. The van der Waals surface area contributed by atoms with Gasteiger partial charge in [0.2, 0.25) is 50.1 Å². The van der Waals surface area contributed by atoms with Crippen LogP contribution >= 0.6 is 0 Å². The lowest BCUT2D eigenvalue weighted by molar-refractivity contribution is -0.0931. The smallest absolute Gasteiger partial charge is 0.454 e. The predicted molar refractivity (Wildman–Crippen MR) is 498 cm³/mol. The van der Waals surface area contributed by atoms with E-state index in [0.29, 0.717) is 163 Å². The number of benzene rings is 6. The summed E-state index contributed by atoms with van der Waals surface area (Å²) in [6, 6.07) is 37.0. The van der Waals surface area contributed by atoms with Crippen molar-refractivity contribution in [3.63, 3.8) is 0 Å². The monoisotopic (exact) mass is 1990 g/mol. The molecule has 4 N–H and O–H groups in total. The molecule has 12 aliphatic heterocycles. The van der Waals surface area contributed by atoms with Crippen LogP contribution in [0.25, 0.3) is 0 Å². The van der Waals surface area contributed by atoms with Gasteiger partial charge in [0, 0.05) is 171 Å². The first-order valence-electron chi connectivity index (χ1n) is 46.6. The van der Waals surface area contributed by atoms with Gasteiger partial charge in [-0.15, -0.1) is 0 Å². The van der Waals surface area contributed by atoms with Crippen LogP contribution in [0.1, 0.15) is 157 Å². The lowest BCUT2D eigenvalue weighted by Gasteiger charge is -2.44. The number of likely N-dealkylation sites (tertiary alicyclic amines) is 2. The Morgan fingerprint density at radius 3 is 0.926 bits per heavy atom. The molecule has 0 atom stereocenters. The van der Waals surface area contributed by atoms with Crippen LogP contribution in [-0.4, -0.2) is 327 Å². The van der Waals surface area contributed by atoms with Gasteiger partial charge in [-0.1, -0.05) is 48.4 Å². The maximum atomic E-state index is 13.2. The Kier molecular flexibility index (Phi) is 33.5. The quantitative estimate of drug-likeness (QED) is 0.0585. The Morgan fingerprint density at radius 2 is 0.625 bits per heavy atom. The van der Waals surface area contributed by atoms with Crippen molar-refractivity contribution in [3.05, 3.63) is 173 Å². The number of hydrogen-bond donors (Lipinski definition) is 4.